The second-order valence-electron chi connectivity index (χ2n) is 4.83. The lowest BCUT2D eigenvalue weighted by atomic mass is 9.95. The van der Waals surface area contributed by atoms with Crippen molar-refractivity contribution in [2.24, 2.45) is 5.92 Å². The van der Waals surface area contributed by atoms with Crippen LogP contribution in [-0.4, -0.2) is 36.1 Å². The molecular formula is C14H20N2O2. The molecule has 1 aromatic carbocycles. The fraction of sp³-hybridized carbons (Fsp3) is 0.500. The van der Waals surface area contributed by atoms with E-state index in [0.29, 0.717) is 5.75 Å². The van der Waals surface area contributed by atoms with Crippen molar-refractivity contribution in [3.05, 3.63) is 29.8 Å². The Morgan fingerprint density at radius 1 is 1.33 bits per heavy atom. The molecule has 1 aliphatic rings. The normalized spacial score (nSPS) is 17.6. The molecule has 4 heteroatoms. The first-order valence-electron chi connectivity index (χ1n) is 6.41. The van der Waals surface area contributed by atoms with Crippen LogP contribution in [0, 0.1) is 5.92 Å². The third-order valence-corrected chi connectivity index (χ3v) is 3.55. The zero-order valence-electron chi connectivity index (χ0n) is 10.7. The highest BCUT2D eigenvalue weighted by Crippen LogP contribution is 2.19. The Morgan fingerprint density at radius 3 is 2.50 bits per heavy atom. The fourth-order valence-electron chi connectivity index (χ4n) is 2.42. The van der Waals surface area contributed by atoms with E-state index in [1.165, 1.54) is 5.56 Å². The molecule has 0 saturated carbocycles. The van der Waals surface area contributed by atoms with Gasteiger partial charge in [-0.1, -0.05) is 12.1 Å². The van der Waals surface area contributed by atoms with Crippen molar-refractivity contribution in [2.75, 3.05) is 20.1 Å². The number of phenols is 1. The number of phenolic OH excluding ortho intramolecular Hbond substituents is 1. The van der Waals surface area contributed by atoms with Gasteiger partial charge in [-0.2, -0.15) is 0 Å². The summed E-state index contributed by atoms with van der Waals surface area (Å²) in [6.45, 7) is 2.80. The number of hydrogen-bond donors (Lipinski definition) is 2. The maximum absolute atomic E-state index is 11.5. The Hall–Kier alpha value is -1.55. The molecule has 0 radical (unpaired) electrons. The number of likely N-dealkylation sites (tertiary alicyclic amines) is 1. The van der Waals surface area contributed by atoms with Crippen molar-refractivity contribution in [3.63, 3.8) is 0 Å². The average molecular weight is 248 g/mol. The molecular weight excluding hydrogens is 228 g/mol. The summed E-state index contributed by atoms with van der Waals surface area (Å²) in [6, 6.07) is 7.32. The Balaban J connectivity index is 1.83. The van der Waals surface area contributed by atoms with Gasteiger partial charge in [-0.15, -0.1) is 0 Å². The molecule has 4 nitrogen and oxygen atoms in total. The molecule has 1 fully saturated rings. The van der Waals surface area contributed by atoms with Gasteiger partial charge in [-0.05, 0) is 43.6 Å². The number of nitrogens with zero attached hydrogens (tertiary/aromatic N) is 1. The van der Waals surface area contributed by atoms with E-state index in [-0.39, 0.29) is 11.8 Å². The molecule has 0 unspecified atom stereocenters. The van der Waals surface area contributed by atoms with Crippen LogP contribution >= 0.6 is 0 Å². The minimum absolute atomic E-state index is 0.166. The van der Waals surface area contributed by atoms with E-state index in [2.05, 4.69) is 10.2 Å². The number of amides is 1. The number of aromatic hydroxyl groups is 1. The molecule has 0 aromatic heterocycles. The lowest BCUT2D eigenvalue weighted by molar-refractivity contribution is -0.125. The van der Waals surface area contributed by atoms with Gasteiger partial charge in [-0.3, -0.25) is 9.69 Å². The maximum atomic E-state index is 11.5. The molecule has 1 aliphatic heterocycles. The standard InChI is InChI=1S/C14H20N2O2/c1-15-14(18)12-6-8-16(9-7-12)10-11-2-4-13(17)5-3-11/h2-5,12,17H,6-10H2,1H3,(H,15,18). The number of rotatable bonds is 3. The largest absolute Gasteiger partial charge is 0.508 e. The van der Waals surface area contributed by atoms with Crippen LogP contribution in [0.5, 0.6) is 5.75 Å². The third-order valence-electron chi connectivity index (χ3n) is 3.55. The number of carbonyl (C=O) groups excluding carboxylic acids is 1. The second kappa shape index (κ2) is 5.87. The van der Waals surface area contributed by atoms with Crippen molar-refractivity contribution in [2.45, 2.75) is 19.4 Å². The molecule has 1 saturated heterocycles. The summed E-state index contributed by atoms with van der Waals surface area (Å²) < 4.78 is 0. The molecule has 0 aliphatic carbocycles. The number of nitrogens with one attached hydrogen (secondary N) is 1. The van der Waals surface area contributed by atoms with Crippen molar-refractivity contribution in [3.8, 4) is 5.75 Å². The van der Waals surface area contributed by atoms with E-state index in [1.807, 2.05) is 12.1 Å². The molecule has 0 atom stereocenters. The summed E-state index contributed by atoms with van der Waals surface area (Å²) in [5, 5.41) is 11.9. The Morgan fingerprint density at radius 2 is 1.94 bits per heavy atom. The van der Waals surface area contributed by atoms with Crippen LogP contribution in [0.2, 0.25) is 0 Å². The lowest BCUT2D eigenvalue weighted by Crippen LogP contribution is -2.39. The highest BCUT2D eigenvalue weighted by molar-refractivity contribution is 5.78. The van der Waals surface area contributed by atoms with Gasteiger partial charge in [0.1, 0.15) is 5.75 Å². The summed E-state index contributed by atoms with van der Waals surface area (Å²) in [5.74, 6) is 0.641. The Kier molecular flexibility index (Phi) is 4.20. The monoisotopic (exact) mass is 248 g/mol. The van der Waals surface area contributed by atoms with Gasteiger partial charge < -0.3 is 10.4 Å². The molecule has 2 N–H and O–H groups in total. The van der Waals surface area contributed by atoms with E-state index in [9.17, 15) is 9.90 Å². The highest BCUT2D eigenvalue weighted by Gasteiger charge is 2.23. The Bertz CT molecular complexity index is 395. The van der Waals surface area contributed by atoms with Gasteiger partial charge in [0.2, 0.25) is 5.91 Å². The third kappa shape index (κ3) is 3.23. The van der Waals surface area contributed by atoms with E-state index < -0.39 is 0 Å². The zero-order chi connectivity index (χ0) is 13.0. The highest BCUT2D eigenvalue weighted by atomic mass is 16.3. The summed E-state index contributed by atoms with van der Waals surface area (Å²) >= 11 is 0. The van der Waals surface area contributed by atoms with Crippen LogP contribution in [0.25, 0.3) is 0 Å². The molecule has 1 heterocycles. The van der Waals surface area contributed by atoms with Gasteiger partial charge >= 0.3 is 0 Å². The van der Waals surface area contributed by atoms with Gasteiger partial charge in [0.25, 0.3) is 0 Å². The summed E-state index contributed by atoms with van der Waals surface area (Å²) in [5.41, 5.74) is 1.20. The summed E-state index contributed by atoms with van der Waals surface area (Å²) in [7, 11) is 1.70. The quantitative estimate of drug-likeness (QED) is 0.849. The van der Waals surface area contributed by atoms with Gasteiger partial charge in [0.15, 0.2) is 0 Å². The first-order valence-corrected chi connectivity index (χ1v) is 6.41. The van der Waals surface area contributed by atoms with Crippen molar-refractivity contribution in [1.29, 1.82) is 0 Å². The average Bonchev–Trinajstić information content (AvgIpc) is 2.41. The SMILES string of the molecule is CNC(=O)C1CCN(Cc2ccc(O)cc2)CC1. The lowest BCUT2D eigenvalue weighted by Gasteiger charge is -2.31. The smallest absolute Gasteiger partial charge is 0.222 e. The molecule has 1 aromatic rings. The van der Waals surface area contributed by atoms with Crippen LogP contribution in [0.3, 0.4) is 0 Å². The van der Waals surface area contributed by atoms with Crippen molar-refractivity contribution >= 4 is 5.91 Å². The minimum atomic E-state index is 0.166. The van der Waals surface area contributed by atoms with Crippen LogP contribution < -0.4 is 5.32 Å². The van der Waals surface area contributed by atoms with E-state index >= 15 is 0 Å². The zero-order valence-corrected chi connectivity index (χ0v) is 10.7. The summed E-state index contributed by atoms with van der Waals surface area (Å²) in [4.78, 5) is 13.9. The molecule has 1 amide bonds. The van der Waals surface area contributed by atoms with Crippen LogP contribution in [0.1, 0.15) is 18.4 Å². The van der Waals surface area contributed by atoms with Gasteiger partial charge in [-0.25, -0.2) is 0 Å². The fourth-order valence-corrected chi connectivity index (χ4v) is 2.42. The van der Waals surface area contributed by atoms with Gasteiger partial charge in [0, 0.05) is 19.5 Å². The predicted octanol–water partition coefficient (Wildman–Crippen LogP) is 1.35. The Labute approximate surface area is 108 Å². The van der Waals surface area contributed by atoms with E-state index in [4.69, 9.17) is 0 Å². The van der Waals surface area contributed by atoms with Crippen molar-refractivity contribution in [1.82, 2.24) is 10.2 Å². The van der Waals surface area contributed by atoms with E-state index in [1.54, 1.807) is 19.2 Å². The second-order valence-corrected chi connectivity index (χ2v) is 4.83. The number of benzene rings is 1. The first kappa shape index (κ1) is 12.9. The summed E-state index contributed by atoms with van der Waals surface area (Å²) in [6.07, 6.45) is 1.86. The molecule has 98 valence electrons. The maximum Gasteiger partial charge on any atom is 0.222 e. The molecule has 2 rings (SSSR count). The number of carbonyl (C=O) groups is 1. The first-order chi connectivity index (χ1) is 8.69. The molecule has 18 heavy (non-hydrogen) atoms. The molecule has 0 spiro atoms. The molecule has 0 bridgehead atoms. The van der Waals surface area contributed by atoms with Crippen LogP contribution in [0.15, 0.2) is 24.3 Å². The van der Waals surface area contributed by atoms with Crippen molar-refractivity contribution < 1.29 is 9.90 Å². The van der Waals surface area contributed by atoms with Crippen LogP contribution in [-0.2, 0) is 11.3 Å². The topological polar surface area (TPSA) is 52.6 Å². The van der Waals surface area contributed by atoms with E-state index in [0.717, 1.165) is 32.5 Å². The number of piperidine rings is 1. The number of hydrogen-bond acceptors (Lipinski definition) is 3. The predicted molar refractivity (Wildman–Crippen MR) is 70.2 cm³/mol. The van der Waals surface area contributed by atoms with Crippen LogP contribution in [0.4, 0.5) is 0 Å². The van der Waals surface area contributed by atoms with Gasteiger partial charge in [0.05, 0.1) is 0 Å². The minimum Gasteiger partial charge on any atom is -0.508 e.